The molecule has 7 nitrogen and oxygen atoms in total. The monoisotopic (exact) mass is 603 g/mol. The number of hydrogen-bond acceptors (Lipinski definition) is 4. The first-order valence-electron chi connectivity index (χ1n) is 15.9. The average Bonchev–Trinajstić information content (AvgIpc) is 3.69. The number of hydrogen-bond donors (Lipinski definition) is 3. The minimum atomic E-state index is -1.06. The number of carboxylic acids is 1. The van der Waals surface area contributed by atoms with Crippen LogP contribution in [0.25, 0.3) is 21.7 Å². The van der Waals surface area contributed by atoms with Crippen molar-refractivity contribution < 1.29 is 19.4 Å². The number of benzene rings is 3. The summed E-state index contributed by atoms with van der Waals surface area (Å²) in [5, 5.41) is 15.6. The summed E-state index contributed by atoms with van der Waals surface area (Å²) in [6, 6.07) is 22.7. The number of fused-ring (bicyclic) bond motifs is 2. The molecule has 1 aliphatic carbocycles. The van der Waals surface area contributed by atoms with Gasteiger partial charge in [-0.1, -0.05) is 82.9 Å². The molecule has 2 aromatic heterocycles. The lowest BCUT2D eigenvalue weighted by molar-refractivity contribution is -0.139. The zero-order valence-electron chi connectivity index (χ0n) is 26.2. The minimum absolute atomic E-state index is 0.0635. The zero-order valence-corrected chi connectivity index (χ0v) is 26.2. The predicted molar refractivity (Wildman–Crippen MR) is 178 cm³/mol. The van der Waals surface area contributed by atoms with Gasteiger partial charge in [-0.25, -0.2) is 9.78 Å². The summed E-state index contributed by atoms with van der Waals surface area (Å²) in [5.74, 6) is 0.441. The normalized spacial score (nSPS) is 14.6. The van der Waals surface area contributed by atoms with E-state index in [1.165, 1.54) is 18.4 Å². The van der Waals surface area contributed by atoms with Gasteiger partial charge in [0.15, 0.2) is 0 Å². The van der Waals surface area contributed by atoms with Gasteiger partial charge in [0.05, 0.1) is 0 Å². The molecule has 1 saturated carbocycles. The number of carbonyl (C=O) groups excluding carboxylic acids is 1. The average molecular weight is 604 g/mol. The Morgan fingerprint density at radius 2 is 1.71 bits per heavy atom. The molecule has 1 amide bonds. The molecule has 0 spiro atoms. The molecular formula is C38H41N3O4. The van der Waals surface area contributed by atoms with Gasteiger partial charge in [0, 0.05) is 28.2 Å². The molecule has 3 N–H and O–H groups in total. The summed E-state index contributed by atoms with van der Waals surface area (Å²) >= 11 is 0. The standard InChI is InChI=1S/C38H41N3O4/c1-38(2,3)27-14-17-28(18-15-27)45-29-16-12-25-21-35(40-34(31(25)22-29)20-24-8-4-5-9-24)36(42)41-33(37(43)44)19-13-26-23-39-32-11-7-6-10-30(26)32/h6-7,10-12,14-18,21-24,33,39H,4-5,8-9,13,19-20H2,1-3H3,(H,41,42)(H,43,44). The summed E-state index contributed by atoms with van der Waals surface area (Å²) < 4.78 is 6.25. The summed E-state index contributed by atoms with van der Waals surface area (Å²) in [5.41, 5.74) is 4.42. The van der Waals surface area contributed by atoms with Crippen LogP contribution in [0.3, 0.4) is 0 Å². The van der Waals surface area contributed by atoms with Gasteiger partial charge < -0.3 is 20.1 Å². The highest BCUT2D eigenvalue weighted by Gasteiger charge is 2.24. The van der Waals surface area contributed by atoms with E-state index in [1.54, 1.807) is 6.07 Å². The van der Waals surface area contributed by atoms with Crippen LogP contribution in [0.4, 0.5) is 0 Å². The fourth-order valence-electron chi connectivity index (χ4n) is 6.41. The Bertz CT molecular complexity index is 1830. The van der Waals surface area contributed by atoms with Crippen LogP contribution in [0.5, 0.6) is 11.5 Å². The highest BCUT2D eigenvalue weighted by molar-refractivity contribution is 5.99. The number of carboxylic acid groups (broad SMARTS) is 1. The predicted octanol–water partition coefficient (Wildman–Crippen LogP) is 8.35. The lowest BCUT2D eigenvalue weighted by Gasteiger charge is -2.19. The molecule has 7 heteroatoms. The van der Waals surface area contributed by atoms with Gasteiger partial charge in [0.1, 0.15) is 23.2 Å². The molecule has 0 radical (unpaired) electrons. The van der Waals surface area contributed by atoms with Crippen molar-refractivity contribution in [1.29, 1.82) is 0 Å². The van der Waals surface area contributed by atoms with Crippen LogP contribution in [0.2, 0.25) is 0 Å². The number of nitrogens with zero attached hydrogens (tertiary/aromatic N) is 1. The zero-order chi connectivity index (χ0) is 31.6. The van der Waals surface area contributed by atoms with Crippen molar-refractivity contribution in [1.82, 2.24) is 15.3 Å². The molecule has 0 bridgehead atoms. The van der Waals surface area contributed by atoms with E-state index in [2.05, 4.69) is 43.2 Å². The smallest absolute Gasteiger partial charge is 0.326 e. The first-order chi connectivity index (χ1) is 21.6. The van der Waals surface area contributed by atoms with E-state index in [4.69, 9.17) is 9.72 Å². The second kappa shape index (κ2) is 12.8. The Kier molecular flexibility index (Phi) is 8.61. The van der Waals surface area contributed by atoms with Crippen molar-refractivity contribution in [2.24, 2.45) is 5.92 Å². The summed E-state index contributed by atoms with van der Waals surface area (Å²) in [4.78, 5) is 33.8. The molecular weight excluding hydrogens is 562 g/mol. The molecule has 232 valence electrons. The van der Waals surface area contributed by atoms with Crippen LogP contribution in [0.1, 0.15) is 80.2 Å². The van der Waals surface area contributed by atoms with Gasteiger partial charge in [0.25, 0.3) is 5.91 Å². The SMILES string of the molecule is CC(C)(C)c1ccc(Oc2ccc3cc(C(=O)NC(CCc4c[nH]c5ccccc45)C(=O)O)nc(CC4CCCC4)c3c2)cc1. The number of pyridine rings is 1. The van der Waals surface area contributed by atoms with Crippen molar-refractivity contribution in [2.75, 3.05) is 0 Å². The van der Waals surface area contributed by atoms with Crippen LogP contribution in [0.15, 0.2) is 79.0 Å². The maximum atomic E-state index is 13.5. The lowest BCUT2D eigenvalue weighted by Crippen LogP contribution is -2.41. The fourth-order valence-corrected chi connectivity index (χ4v) is 6.41. The van der Waals surface area contributed by atoms with Crippen molar-refractivity contribution in [2.45, 2.75) is 77.2 Å². The first kappa shape index (κ1) is 30.4. The topological polar surface area (TPSA) is 104 Å². The fraction of sp³-hybridized carbons (Fsp3) is 0.342. The molecule has 45 heavy (non-hydrogen) atoms. The molecule has 5 aromatic rings. The van der Waals surface area contributed by atoms with Crippen LogP contribution >= 0.6 is 0 Å². The Labute approximate surface area is 264 Å². The number of aromatic nitrogens is 2. The number of aryl methyl sites for hydroxylation is 1. The second-order valence-electron chi connectivity index (χ2n) is 13.3. The van der Waals surface area contributed by atoms with Crippen LogP contribution in [0, 0.1) is 5.92 Å². The Hall–Kier alpha value is -4.65. The van der Waals surface area contributed by atoms with Crippen LogP contribution in [-0.4, -0.2) is 33.0 Å². The Morgan fingerprint density at radius 3 is 2.44 bits per heavy atom. The van der Waals surface area contributed by atoms with Crippen LogP contribution < -0.4 is 10.1 Å². The highest BCUT2D eigenvalue weighted by atomic mass is 16.5. The van der Waals surface area contributed by atoms with E-state index in [-0.39, 0.29) is 17.5 Å². The third-order valence-corrected chi connectivity index (χ3v) is 9.01. The van der Waals surface area contributed by atoms with Crippen molar-refractivity contribution >= 4 is 33.6 Å². The third-order valence-electron chi connectivity index (χ3n) is 9.01. The van der Waals surface area contributed by atoms with Crippen molar-refractivity contribution in [3.05, 3.63) is 102 Å². The van der Waals surface area contributed by atoms with Gasteiger partial charge in [0.2, 0.25) is 0 Å². The quantitative estimate of drug-likeness (QED) is 0.149. The molecule has 3 aromatic carbocycles. The number of aromatic amines is 1. The number of aliphatic carboxylic acids is 1. The number of carbonyl (C=O) groups is 2. The van der Waals surface area contributed by atoms with Gasteiger partial charge in [-0.3, -0.25) is 4.79 Å². The molecule has 1 fully saturated rings. The molecule has 0 saturated heterocycles. The summed E-state index contributed by atoms with van der Waals surface area (Å²) in [6.07, 6.45) is 8.16. The minimum Gasteiger partial charge on any atom is -0.480 e. The van der Waals surface area contributed by atoms with Gasteiger partial charge in [-0.2, -0.15) is 0 Å². The number of amides is 1. The summed E-state index contributed by atoms with van der Waals surface area (Å²) in [6.45, 7) is 6.56. The number of H-pyrrole nitrogens is 1. The largest absolute Gasteiger partial charge is 0.480 e. The van der Waals surface area contributed by atoms with Crippen LogP contribution in [-0.2, 0) is 23.1 Å². The van der Waals surface area contributed by atoms with Gasteiger partial charge >= 0.3 is 5.97 Å². The van der Waals surface area contributed by atoms with E-state index in [1.807, 2.05) is 60.8 Å². The van der Waals surface area contributed by atoms with E-state index in [0.29, 0.717) is 18.1 Å². The lowest BCUT2D eigenvalue weighted by atomic mass is 9.87. The Morgan fingerprint density at radius 1 is 0.978 bits per heavy atom. The third kappa shape index (κ3) is 7.03. The van der Waals surface area contributed by atoms with E-state index >= 15 is 0 Å². The number of rotatable bonds is 10. The summed E-state index contributed by atoms with van der Waals surface area (Å²) in [7, 11) is 0. The van der Waals surface area contributed by atoms with Gasteiger partial charge in [-0.15, -0.1) is 0 Å². The molecule has 1 aliphatic rings. The molecule has 1 unspecified atom stereocenters. The number of para-hydroxylation sites is 1. The Balaban J connectivity index is 1.23. The second-order valence-corrected chi connectivity index (χ2v) is 13.3. The van der Waals surface area contributed by atoms with Gasteiger partial charge in [-0.05, 0) is 83.5 Å². The molecule has 1 atom stereocenters. The highest BCUT2D eigenvalue weighted by Crippen LogP contribution is 2.33. The maximum Gasteiger partial charge on any atom is 0.326 e. The first-order valence-corrected chi connectivity index (χ1v) is 15.9. The molecule has 2 heterocycles. The van der Waals surface area contributed by atoms with Crippen molar-refractivity contribution in [3.63, 3.8) is 0 Å². The number of nitrogens with one attached hydrogen (secondary N) is 2. The van der Waals surface area contributed by atoms with E-state index < -0.39 is 17.9 Å². The molecule has 6 rings (SSSR count). The molecule has 0 aliphatic heterocycles. The number of ether oxygens (including phenoxy) is 1. The van der Waals surface area contributed by atoms with E-state index in [9.17, 15) is 14.7 Å². The maximum absolute atomic E-state index is 13.5. The van der Waals surface area contributed by atoms with E-state index in [0.717, 1.165) is 57.9 Å². The van der Waals surface area contributed by atoms with Crippen molar-refractivity contribution in [3.8, 4) is 11.5 Å².